The van der Waals surface area contributed by atoms with E-state index in [2.05, 4.69) is 26.6 Å². The molecule has 6 nitrogen and oxygen atoms in total. The zero-order chi connectivity index (χ0) is 17.2. The van der Waals surface area contributed by atoms with Gasteiger partial charge in [0.05, 0.1) is 16.8 Å². The van der Waals surface area contributed by atoms with Crippen molar-refractivity contribution in [1.29, 1.82) is 0 Å². The van der Waals surface area contributed by atoms with E-state index < -0.39 is 10.0 Å². The number of rotatable bonds is 4. The number of aromatic nitrogens is 1. The van der Waals surface area contributed by atoms with Crippen LogP contribution in [0.4, 0.5) is 11.5 Å². The molecular formula is C17H22N4O2S. The number of hydrogen-bond donors (Lipinski definition) is 1. The number of pyridine rings is 1. The topological polar surface area (TPSA) is 65.5 Å². The molecule has 0 radical (unpaired) electrons. The van der Waals surface area contributed by atoms with E-state index in [0.717, 1.165) is 37.6 Å². The average molecular weight is 346 g/mol. The predicted octanol–water partition coefficient (Wildman–Crippen LogP) is 1.94. The van der Waals surface area contributed by atoms with E-state index in [9.17, 15) is 8.42 Å². The van der Waals surface area contributed by atoms with Crippen LogP contribution in [0.3, 0.4) is 0 Å². The summed E-state index contributed by atoms with van der Waals surface area (Å²) in [5.41, 5.74) is 1.37. The summed E-state index contributed by atoms with van der Waals surface area (Å²) in [4.78, 5) is 9.14. The van der Waals surface area contributed by atoms with Gasteiger partial charge >= 0.3 is 0 Å². The SMILES string of the molecule is Cc1cccc(S(=O)(=O)Nc2ccc(N3CCN(C)CC3)nc2)c1. The van der Waals surface area contributed by atoms with Gasteiger partial charge in [0, 0.05) is 26.2 Å². The molecule has 0 bridgehead atoms. The number of likely N-dealkylation sites (N-methyl/N-ethyl adjacent to an activating group) is 1. The van der Waals surface area contributed by atoms with Gasteiger partial charge in [-0.25, -0.2) is 13.4 Å². The molecule has 1 N–H and O–H groups in total. The maximum absolute atomic E-state index is 12.4. The van der Waals surface area contributed by atoms with Crippen LogP contribution < -0.4 is 9.62 Å². The Hall–Kier alpha value is -2.12. The highest BCUT2D eigenvalue weighted by molar-refractivity contribution is 7.92. The highest BCUT2D eigenvalue weighted by Crippen LogP contribution is 2.19. The van der Waals surface area contributed by atoms with Gasteiger partial charge in [-0.1, -0.05) is 12.1 Å². The molecule has 2 aromatic rings. The molecule has 0 atom stereocenters. The first-order chi connectivity index (χ1) is 11.4. The quantitative estimate of drug-likeness (QED) is 0.916. The van der Waals surface area contributed by atoms with E-state index in [-0.39, 0.29) is 4.90 Å². The Kier molecular flexibility index (Phi) is 4.73. The van der Waals surface area contributed by atoms with Gasteiger partial charge in [0.15, 0.2) is 0 Å². The average Bonchev–Trinajstić information content (AvgIpc) is 2.56. The summed E-state index contributed by atoms with van der Waals surface area (Å²) in [5, 5.41) is 0. The van der Waals surface area contributed by atoms with E-state index in [1.807, 2.05) is 19.1 Å². The van der Waals surface area contributed by atoms with Gasteiger partial charge in [-0.05, 0) is 43.8 Å². The molecule has 1 aromatic heterocycles. The Morgan fingerprint density at radius 1 is 1.08 bits per heavy atom. The molecule has 1 aliphatic heterocycles. The first-order valence-electron chi connectivity index (χ1n) is 7.93. The van der Waals surface area contributed by atoms with Crippen molar-refractivity contribution < 1.29 is 8.42 Å². The Morgan fingerprint density at radius 2 is 1.83 bits per heavy atom. The van der Waals surface area contributed by atoms with Gasteiger partial charge in [-0.2, -0.15) is 0 Å². The number of benzene rings is 1. The van der Waals surface area contributed by atoms with Crippen molar-refractivity contribution in [3.63, 3.8) is 0 Å². The zero-order valence-electron chi connectivity index (χ0n) is 13.9. The van der Waals surface area contributed by atoms with Crippen LogP contribution >= 0.6 is 0 Å². The van der Waals surface area contributed by atoms with Gasteiger partial charge in [-0.15, -0.1) is 0 Å². The molecule has 128 valence electrons. The summed E-state index contributed by atoms with van der Waals surface area (Å²) in [6.07, 6.45) is 1.57. The lowest BCUT2D eigenvalue weighted by atomic mass is 10.2. The first-order valence-corrected chi connectivity index (χ1v) is 9.41. The van der Waals surface area contributed by atoms with Crippen LogP contribution in [0, 0.1) is 6.92 Å². The minimum absolute atomic E-state index is 0.255. The van der Waals surface area contributed by atoms with Crippen molar-refractivity contribution in [2.75, 3.05) is 42.8 Å². The van der Waals surface area contributed by atoms with Crippen LogP contribution in [0.1, 0.15) is 5.56 Å². The Morgan fingerprint density at radius 3 is 2.46 bits per heavy atom. The fourth-order valence-corrected chi connectivity index (χ4v) is 3.81. The van der Waals surface area contributed by atoms with Gasteiger partial charge in [0.2, 0.25) is 0 Å². The summed E-state index contributed by atoms with van der Waals surface area (Å²) in [5.74, 6) is 0.876. The lowest BCUT2D eigenvalue weighted by molar-refractivity contribution is 0.312. The molecule has 0 amide bonds. The summed E-state index contributed by atoms with van der Waals surface area (Å²) in [6, 6.07) is 10.5. The van der Waals surface area contributed by atoms with Crippen molar-refractivity contribution in [3.05, 3.63) is 48.2 Å². The van der Waals surface area contributed by atoms with Crippen molar-refractivity contribution in [1.82, 2.24) is 9.88 Å². The maximum atomic E-state index is 12.4. The van der Waals surface area contributed by atoms with Crippen molar-refractivity contribution >= 4 is 21.5 Å². The molecule has 1 aromatic carbocycles. The third-order valence-electron chi connectivity index (χ3n) is 4.13. The zero-order valence-corrected chi connectivity index (χ0v) is 14.8. The third kappa shape index (κ3) is 3.85. The largest absolute Gasteiger partial charge is 0.354 e. The molecule has 1 saturated heterocycles. The molecule has 0 unspecified atom stereocenters. The predicted molar refractivity (Wildman–Crippen MR) is 95.9 cm³/mol. The van der Waals surface area contributed by atoms with Gasteiger partial charge in [-0.3, -0.25) is 4.72 Å². The van der Waals surface area contributed by atoms with Crippen LogP contribution in [0.15, 0.2) is 47.5 Å². The lowest BCUT2D eigenvalue weighted by Gasteiger charge is -2.33. The monoisotopic (exact) mass is 346 g/mol. The number of nitrogens with zero attached hydrogens (tertiary/aromatic N) is 3. The molecule has 0 aliphatic carbocycles. The van der Waals surface area contributed by atoms with Gasteiger partial charge in [0.25, 0.3) is 10.0 Å². The van der Waals surface area contributed by atoms with Crippen LogP contribution in [-0.2, 0) is 10.0 Å². The number of anilines is 2. The normalized spacial score (nSPS) is 16.2. The molecule has 0 spiro atoms. The first kappa shape index (κ1) is 16.7. The molecule has 7 heteroatoms. The summed E-state index contributed by atoms with van der Waals surface area (Å²) in [6.45, 7) is 5.73. The molecule has 1 aliphatic rings. The smallest absolute Gasteiger partial charge is 0.261 e. The van der Waals surface area contributed by atoms with E-state index in [1.54, 1.807) is 30.5 Å². The van der Waals surface area contributed by atoms with E-state index in [4.69, 9.17) is 0 Å². The second kappa shape index (κ2) is 6.78. The number of nitrogens with one attached hydrogen (secondary N) is 1. The van der Waals surface area contributed by atoms with Crippen LogP contribution in [-0.4, -0.2) is 51.5 Å². The Labute approximate surface area is 143 Å². The maximum Gasteiger partial charge on any atom is 0.261 e. The molecular weight excluding hydrogens is 324 g/mol. The van der Waals surface area contributed by atoms with Crippen molar-refractivity contribution in [3.8, 4) is 0 Å². The molecule has 1 fully saturated rings. The fraction of sp³-hybridized carbons (Fsp3) is 0.353. The Balaban J connectivity index is 1.72. The number of aryl methyl sites for hydroxylation is 1. The van der Waals surface area contributed by atoms with E-state index in [0.29, 0.717) is 5.69 Å². The highest BCUT2D eigenvalue weighted by atomic mass is 32.2. The van der Waals surface area contributed by atoms with Gasteiger partial charge in [0.1, 0.15) is 5.82 Å². The standard InChI is InChI=1S/C17H22N4O2S/c1-14-4-3-5-16(12-14)24(22,23)19-15-6-7-17(18-13-15)21-10-8-20(2)9-11-21/h3-7,12-13,19H,8-11H2,1-2H3. The minimum Gasteiger partial charge on any atom is -0.354 e. The highest BCUT2D eigenvalue weighted by Gasteiger charge is 2.17. The molecule has 3 rings (SSSR count). The van der Waals surface area contributed by atoms with E-state index in [1.165, 1.54) is 0 Å². The fourth-order valence-electron chi connectivity index (χ4n) is 2.67. The summed E-state index contributed by atoms with van der Waals surface area (Å²) >= 11 is 0. The second-order valence-corrected chi connectivity index (χ2v) is 7.80. The van der Waals surface area contributed by atoms with Crippen LogP contribution in [0.5, 0.6) is 0 Å². The number of sulfonamides is 1. The second-order valence-electron chi connectivity index (χ2n) is 6.12. The molecule has 0 saturated carbocycles. The lowest BCUT2D eigenvalue weighted by Crippen LogP contribution is -2.44. The van der Waals surface area contributed by atoms with Gasteiger partial charge < -0.3 is 9.80 Å². The van der Waals surface area contributed by atoms with E-state index >= 15 is 0 Å². The number of hydrogen-bond acceptors (Lipinski definition) is 5. The molecule has 24 heavy (non-hydrogen) atoms. The number of piperazine rings is 1. The van der Waals surface area contributed by atoms with Crippen molar-refractivity contribution in [2.24, 2.45) is 0 Å². The van der Waals surface area contributed by atoms with Crippen LogP contribution in [0.2, 0.25) is 0 Å². The Bertz CT molecular complexity index is 798. The third-order valence-corrected chi connectivity index (χ3v) is 5.51. The summed E-state index contributed by atoms with van der Waals surface area (Å²) < 4.78 is 27.4. The molecule has 2 heterocycles. The van der Waals surface area contributed by atoms with Crippen LogP contribution in [0.25, 0.3) is 0 Å². The minimum atomic E-state index is -3.59. The van der Waals surface area contributed by atoms with Crippen molar-refractivity contribution in [2.45, 2.75) is 11.8 Å². The summed E-state index contributed by atoms with van der Waals surface area (Å²) in [7, 11) is -1.49.